The number of benzene rings is 1. The summed E-state index contributed by atoms with van der Waals surface area (Å²) >= 11 is 0. The molecule has 29 heavy (non-hydrogen) atoms. The summed E-state index contributed by atoms with van der Waals surface area (Å²) < 4.78 is 15.9. The second kappa shape index (κ2) is 10.7. The fraction of sp³-hybridized carbons (Fsp3) is 0.571. The van der Waals surface area contributed by atoms with Gasteiger partial charge in [0, 0.05) is 12.5 Å². The normalized spacial score (nSPS) is 16.0. The first kappa shape index (κ1) is 21.0. The highest BCUT2D eigenvalue weighted by Gasteiger charge is 2.21. The summed E-state index contributed by atoms with van der Waals surface area (Å²) in [6.07, 6.45) is 5.62. The molecular weight excluding hydrogens is 376 g/mol. The first-order valence-electron chi connectivity index (χ1n) is 10.2. The topological polar surface area (TPSA) is 103 Å². The lowest BCUT2D eigenvalue weighted by Crippen LogP contribution is -2.37. The van der Waals surface area contributed by atoms with E-state index in [1.54, 1.807) is 0 Å². The first-order valence-corrected chi connectivity index (χ1v) is 10.2. The quantitative estimate of drug-likeness (QED) is 0.634. The average Bonchev–Trinajstić information content (AvgIpc) is 2.76. The molecule has 1 aromatic carbocycles. The first-order chi connectivity index (χ1) is 14.1. The summed E-state index contributed by atoms with van der Waals surface area (Å²) in [5.41, 5.74) is 1.01. The highest BCUT2D eigenvalue weighted by molar-refractivity contribution is 5.85. The molecule has 2 amide bonds. The summed E-state index contributed by atoms with van der Waals surface area (Å²) in [6, 6.07) is 5.68. The number of ether oxygens (including phenoxy) is 3. The second-order valence-corrected chi connectivity index (χ2v) is 7.29. The van der Waals surface area contributed by atoms with Crippen LogP contribution in [0.2, 0.25) is 0 Å². The van der Waals surface area contributed by atoms with Gasteiger partial charge in [-0.25, -0.2) is 0 Å². The van der Waals surface area contributed by atoms with Gasteiger partial charge in [-0.05, 0) is 37.0 Å². The molecule has 1 saturated carbocycles. The third kappa shape index (κ3) is 6.66. The highest BCUT2D eigenvalue weighted by atomic mass is 16.6. The van der Waals surface area contributed by atoms with E-state index in [-0.39, 0.29) is 30.9 Å². The maximum Gasteiger partial charge on any atom is 0.325 e. The van der Waals surface area contributed by atoms with E-state index in [0.717, 1.165) is 43.4 Å². The smallest absolute Gasteiger partial charge is 0.325 e. The van der Waals surface area contributed by atoms with E-state index in [4.69, 9.17) is 14.2 Å². The Morgan fingerprint density at radius 2 is 1.76 bits per heavy atom. The van der Waals surface area contributed by atoms with Crippen LogP contribution in [0.15, 0.2) is 18.2 Å². The average molecular weight is 404 g/mol. The Morgan fingerprint density at radius 3 is 2.55 bits per heavy atom. The van der Waals surface area contributed by atoms with Crippen LogP contribution in [0.4, 0.5) is 0 Å². The van der Waals surface area contributed by atoms with Crippen molar-refractivity contribution >= 4 is 17.8 Å². The van der Waals surface area contributed by atoms with Crippen LogP contribution < -0.4 is 20.1 Å². The van der Waals surface area contributed by atoms with Crippen LogP contribution in [-0.4, -0.2) is 50.7 Å². The minimum atomic E-state index is -0.615. The molecule has 0 spiro atoms. The summed E-state index contributed by atoms with van der Waals surface area (Å²) in [7, 11) is 0. The molecule has 3 rings (SSSR count). The molecule has 1 aliphatic carbocycles. The van der Waals surface area contributed by atoms with Crippen molar-refractivity contribution in [1.82, 2.24) is 10.6 Å². The van der Waals surface area contributed by atoms with Crippen LogP contribution in [0.25, 0.3) is 0 Å². The van der Waals surface area contributed by atoms with Gasteiger partial charge in [0.1, 0.15) is 19.8 Å². The number of nitrogens with one attached hydrogen (secondary N) is 2. The summed E-state index contributed by atoms with van der Waals surface area (Å²) in [5, 5.41) is 5.31. The van der Waals surface area contributed by atoms with Crippen molar-refractivity contribution < 1.29 is 28.6 Å². The van der Waals surface area contributed by atoms with E-state index >= 15 is 0 Å². The fourth-order valence-electron chi connectivity index (χ4n) is 3.51. The van der Waals surface area contributed by atoms with E-state index in [1.807, 2.05) is 18.2 Å². The Morgan fingerprint density at radius 1 is 1.00 bits per heavy atom. The molecule has 8 nitrogen and oxygen atoms in total. The van der Waals surface area contributed by atoms with Crippen molar-refractivity contribution in [2.24, 2.45) is 5.92 Å². The number of esters is 1. The van der Waals surface area contributed by atoms with Crippen molar-refractivity contribution in [3.63, 3.8) is 0 Å². The second-order valence-electron chi connectivity index (χ2n) is 7.29. The maximum atomic E-state index is 12.0. The van der Waals surface area contributed by atoms with Crippen LogP contribution in [0.1, 0.15) is 37.7 Å². The summed E-state index contributed by atoms with van der Waals surface area (Å²) in [6.45, 7) is 0.915. The van der Waals surface area contributed by atoms with Gasteiger partial charge in [-0.15, -0.1) is 0 Å². The van der Waals surface area contributed by atoms with E-state index < -0.39 is 5.97 Å². The Balaban J connectivity index is 1.28. The van der Waals surface area contributed by atoms with Crippen molar-refractivity contribution in [3.05, 3.63) is 23.8 Å². The molecule has 1 fully saturated rings. The minimum Gasteiger partial charge on any atom is -0.486 e. The van der Waals surface area contributed by atoms with Gasteiger partial charge in [0.2, 0.25) is 5.91 Å². The van der Waals surface area contributed by atoms with Gasteiger partial charge in [-0.2, -0.15) is 0 Å². The zero-order valence-electron chi connectivity index (χ0n) is 16.5. The molecule has 0 saturated heterocycles. The van der Waals surface area contributed by atoms with Crippen LogP contribution in [0.3, 0.4) is 0 Å². The molecule has 0 radical (unpaired) electrons. The molecular formula is C21H28N2O6. The van der Waals surface area contributed by atoms with Gasteiger partial charge in [0.25, 0.3) is 5.91 Å². The third-order valence-electron chi connectivity index (χ3n) is 5.09. The minimum absolute atomic E-state index is 0.0135. The Hall–Kier alpha value is -2.77. The number of fused-ring (bicyclic) bond motifs is 1. The van der Waals surface area contributed by atoms with Gasteiger partial charge < -0.3 is 24.8 Å². The molecule has 2 aliphatic rings. The highest BCUT2D eigenvalue weighted by Crippen LogP contribution is 2.30. The Kier molecular flexibility index (Phi) is 7.72. The number of hydrogen-bond donors (Lipinski definition) is 2. The van der Waals surface area contributed by atoms with Gasteiger partial charge in [0.15, 0.2) is 18.1 Å². The molecule has 1 aliphatic heterocycles. The lowest BCUT2D eigenvalue weighted by molar-refractivity contribution is -0.148. The molecule has 0 unspecified atom stereocenters. The lowest BCUT2D eigenvalue weighted by Gasteiger charge is -2.20. The Bertz CT molecular complexity index is 730. The van der Waals surface area contributed by atoms with E-state index in [0.29, 0.717) is 31.9 Å². The molecule has 2 N–H and O–H groups in total. The summed E-state index contributed by atoms with van der Waals surface area (Å²) in [4.78, 5) is 35.6. The zero-order valence-corrected chi connectivity index (χ0v) is 16.5. The Labute approximate surface area is 170 Å². The molecule has 8 heteroatoms. The van der Waals surface area contributed by atoms with Crippen LogP contribution in [0.5, 0.6) is 11.5 Å². The standard InChI is InChI=1S/C21H28N2O6/c24-19(14-29-20(25)13-23-21(26)16-4-2-1-3-5-16)22-9-8-15-6-7-17-18(12-15)28-11-10-27-17/h6-7,12,16H,1-5,8-11,13-14H2,(H,22,24)(H,23,26). The molecule has 0 aromatic heterocycles. The van der Waals surface area contributed by atoms with Crippen LogP contribution in [-0.2, 0) is 25.5 Å². The van der Waals surface area contributed by atoms with Crippen LogP contribution in [0, 0.1) is 5.92 Å². The monoisotopic (exact) mass is 404 g/mol. The third-order valence-corrected chi connectivity index (χ3v) is 5.09. The number of carbonyl (C=O) groups is 3. The zero-order chi connectivity index (χ0) is 20.5. The number of rotatable bonds is 8. The fourth-order valence-corrected chi connectivity index (χ4v) is 3.51. The summed E-state index contributed by atoms with van der Waals surface area (Å²) in [5.74, 6) is 0.326. The predicted molar refractivity (Wildman–Crippen MR) is 105 cm³/mol. The van der Waals surface area contributed by atoms with E-state index in [2.05, 4.69) is 10.6 Å². The number of carbonyl (C=O) groups excluding carboxylic acids is 3. The molecule has 158 valence electrons. The molecule has 0 atom stereocenters. The lowest BCUT2D eigenvalue weighted by atomic mass is 9.89. The molecule has 1 aromatic rings. The van der Waals surface area contributed by atoms with Crippen molar-refractivity contribution in [2.45, 2.75) is 38.5 Å². The van der Waals surface area contributed by atoms with Crippen molar-refractivity contribution in [2.75, 3.05) is 32.9 Å². The van der Waals surface area contributed by atoms with E-state index in [9.17, 15) is 14.4 Å². The van der Waals surface area contributed by atoms with Crippen LogP contribution >= 0.6 is 0 Å². The predicted octanol–water partition coefficient (Wildman–Crippen LogP) is 1.36. The van der Waals surface area contributed by atoms with Crippen molar-refractivity contribution in [1.29, 1.82) is 0 Å². The maximum absolute atomic E-state index is 12.0. The SMILES string of the molecule is O=C(COC(=O)CNC(=O)C1CCCCC1)NCCc1ccc2c(c1)OCCO2. The molecule has 0 bridgehead atoms. The largest absolute Gasteiger partial charge is 0.486 e. The molecule has 1 heterocycles. The van der Waals surface area contributed by atoms with Crippen molar-refractivity contribution in [3.8, 4) is 11.5 Å². The van der Waals surface area contributed by atoms with Gasteiger partial charge in [0.05, 0.1) is 0 Å². The van der Waals surface area contributed by atoms with Gasteiger partial charge in [-0.1, -0.05) is 25.3 Å². The number of hydrogen-bond acceptors (Lipinski definition) is 6. The van der Waals surface area contributed by atoms with Gasteiger partial charge >= 0.3 is 5.97 Å². The van der Waals surface area contributed by atoms with Gasteiger partial charge in [-0.3, -0.25) is 14.4 Å². The number of amides is 2. The van der Waals surface area contributed by atoms with E-state index in [1.165, 1.54) is 0 Å².